The Morgan fingerprint density at radius 2 is 1.93 bits per heavy atom. The molecule has 0 unspecified atom stereocenters. The van der Waals surface area contributed by atoms with Crippen molar-refractivity contribution in [3.05, 3.63) is 11.5 Å². The number of carbonyl (C=O) groups excluding carboxylic acids is 2. The molecule has 1 N–H and O–H groups in total. The Kier molecular flexibility index (Phi) is 6.75. The summed E-state index contributed by atoms with van der Waals surface area (Å²) in [4.78, 5) is 22.4. The Balaban J connectivity index is 3.95. The summed E-state index contributed by atoms with van der Waals surface area (Å²) in [6.07, 6.45) is 3.10. The first-order valence-electron chi connectivity index (χ1n) is 5.45. The second-order valence-electron chi connectivity index (χ2n) is 4.04. The van der Waals surface area contributed by atoms with Crippen LogP contribution in [0.15, 0.2) is 11.5 Å². The Labute approximate surface area is 92.7 Å². The molecule has 4 heteroatoms. The monoisotopic (exact) mass is 209 g/mol. The molecule has 3 nitrogen and oxygen atoms in total. The smallest absolute Gasteiger partial charge is 0.287 e. The molecular formula is C11H20BNO2. The van der Waals surface area contributed by atoms with Crippen molar-refractivity contribution in [2.75, 3.05) is 6.54 Å². The lowest BCUT2D eigenvalue weighted by molar-refractivity contribution is -0.137. The van der Waals surface area contributed by atoms with Gasteiger partial charge in [-0.2, -0.15) is 0 Å². The quantitative estimate of drug-likeness (QED) is 0.515. The number of ketones is 1. The predicted molar refractivity (Wildman–Crippen MR) is 64.4 cm³/mol. The van der Waals surface area contributed by atoms with Crippen molar-refractivity contribution in [2.24, 2.45) is 5.92 Å². The van der Waals surface area contributed by atoms with Gasteiger partial charge in [-0.1, -0.05) is 19.9 Å². The van der Waals surface area contributed by atoms with E-state index in [4.69, 9.17) is 0 Å². The molecule has 0 aliphatic rings. The maximum atomic E-state index is 11.3. The van der Waals surface area contributed by atoms with Gasteiger partial charge in [-0.15, -0.1) is 5.47 Å². The minimum absolute atomic E-state index is 0.306. The first-order valence-corrected chi connectivity index (χ1v) is 5.45. The zero-order chi connectivity index (χ0) is 11.8. The van der Waals surface area contributed by atoms with Gasteiger partial charge in [0.1, 0.15) is 7.85 Å². The summed E-state index contributed by atoms with van der Waals surface area (Å²) in [5.74, 6) is -0.298. The molecule has 0 fully saturated rings. The lowest BCUT2D eigenvalue weighted by Crippen LogP contribution is -2.30. The number of hydrogen-bond acceptors (Lipinski definition) is 2. The fourth-order valence-corrected chi connectivity index (χ4v) is 1.34. The molecule has 0 aromatic heterocycles. The van der Waals surface area contributed by atoms with E-state index >= 15 is 0 Å². The number of likely N-dealkylation sites (N-methyl/N-ethyl adjacent to an activating group) is 1. The van der Waals surface area contributed by atoms with E-state index in [1.54, 1.807) is 6.92 Å². The number of Topliss-reactive ketones (excluding diaryl/α,β-unsaturated/α-hetero) is 1. The predicted octanol–water partition coefficient (Wildman–Crippen LogP) is 0.645. The molecule has 0 rings (SSSR count). The van der Waals surface area contributed by atoms with Crippen LogP contribution in [0.3, 0.4) is 0 Å². The van der Waals surface area contributed by atoms with E-state index in [0.29, 0.717) is 25.3 Å². The fraction of sp³-hybridized carbons (Fsp3) is 0.636. The van der Waals surface area contributed by atoms with Gasteiger partial charge in [0, 0.05) is 13.0 Å². The van der Waals surface area contributed by atoms with Crippen molar-refractivity contribution in [3.63, 3.8) is 0 Å². The molecule has 0 bridgehead atoms. The number of nitrogens with one attached hydrogen (secondary N) is 1. The molecule has 0 aromatic rings. The summed E-state index contributed by atoms with van der Waals surface area (Å²) in [5.41, 5.74) is 1.17. The number of allylic oxidation sites excluding steroid dienone is 2. The Morgan fingerprint density at radius 1 is 1.33 bits per heavy atom. The van der Waals surface area contributed by atoms with E-state index in [9.17, 15) is 9.59 Å². The highest BCUT2D eigenvalue weighted by Crippen LogP contribution is 2.05. The van der Waals surface area contributed by atoms with Crippen LogP contribution in [0.4, 0.5) is 0 Å². The van der Waals surface area contributed by atoms with Gasteiger partial charge in [-0.25, -0.2) is 0 Å². The minimum atomic E-state index is -0.463. The minimum Gasteiger partial charge on any atom is -0.350 e. The molecule has 0 radical (unpaired) electrons. The first kappa shape index (κ1) is 13.9. The molecule has 15 heavy (non-hydrogen) atoms. The van der Waals surface area contributed by atoms with Crippen molar-refractivity contribution in [1.82, 2.24) is 5.32 Å². The van der Waals surface area contributed by atoms with Crippen LogP contribution in [0, 0.1) is 5.92 Å². The highest BCUT2D eigenvalue weighted by Gasteiger charge is 2.11. The first-order chi connectivity index (χ1) is 6.97. The summed E-state index contributed by atoms with van der Waals surface area (Å²) in [6, 6.07) is 0. The molecule has 0 aliphatic heterocycles. The third kappa shape index (κ3) is 6.94. The van der Waals surface area contributed by atoms with Crippen molar-refractivity contribution >= 4 is 19.5 Å². The fourth-order valence-electron chi connectivity index (χ4n) is 1.34. The van der Waals surface area contributed by atoms with Crippen LogP contribution in [-0.2, 0) is 9.59 Å². The second-order valence-corrected chi connectivity index (χ2v) is 4.04. The van der Waals surface area contributed by atoms with E-state index in [1.807, 2.05) is 7.85 Å². The SMILES string of the molecule is B/C(=C\C(C)C)CCC(=O)C(=O)NCC. The average Bonchev–Trinajstić information content (AvgIpc) is 2.13. The highest BCUT2D eigenvalue weighted by atomic mass is 16.2. The lowest BCUT2D eigenvalue weighted by atomic mass is 9.88. The molecule has 0 spiro atoms. The summed E-state index contributed by atoms with van der Waals surface area (Å²) >= 11 is 0. The van der Waals surface area contributed by atoms with Gasteiger partial charge in [-0.3, -0.25) is 9.59 Å². The van der Waals surface area contributed by atoms with Crippen molar-refractivity contribution in [3.8, 4) is 0 Å². The molecule has 0 saturated heterocycles. The summed E-state index contributed by atoms with van der Waals surface area (Å²) in [5, 5.41) is 2.50. The van der Waals surface area contributed by atoms with Crippen LogP contribution in [0.1, 0.15) is 33.6 Å². The number of hydrogen-bond donors (Lipinski definition) is 1. The molecule has 84 valence electrons. The lowest BCUT2D eigenvalue weighted by Gasteiger charge is -2.03. The number of amides is 1. The van der Waals surface area contributed by atoms with Crippen molar-refractivity contribution in [1.29, 1.82) is 0 Å². The van der Waals surface area contributed by atoms with E-state index in [2.05, 4.69) is 25.2 Å². The number of carbonyl (C=O) groups is 2. The van der Waals surface area contributed by atoms with Gasteiger partial charge in [0.2, 0.25) is 5.78 Å². The Hall–Kier alpha value is -1.06. The van der Waals surface area contributed by atoms with Crippen LogP contribution in [-0.4, -0.2) is 26.1 Å². The molecular weight excluding hydrogens is 189 g/mol. The second kappa shape index (κ2) is 7.26. The van der Waals surface area contributed by atoms with Crippen LogP contribution < -0.4 is 5.32 Å². The summed E-state index contributed by atoms with van der Waals surface area (Å²) in [7, 11) is 1.99. The van der Waals surface area contributed by atoms with Crippen molar-refractivity contribution < 1.29 is 9.59 Å². The Bertz CT molecular complexity index is 259. The number of rotatable bonds is 6. The molecule has 0 aromatic carbocycles. The van der Waals surface area contributed by atoms with Gasteiger partial charge >= 0.3 is 0 Å². The van der Waals surface area contributed by atoms with Crippen LogP contribution in [0.2, 0.25) is 0 Å². The third-order valence-corrected chi connectivity index (χ3v) is 1.95. The zero-order valence-corrected chi connectivity index (χ0v) is 10.1. The van der Waals surface area contributed by atoms with Gasteiger partial charge in [0.25, 0.3) is 5.91 Å². The molecule has 0 saturated carbocycles. The third-order valence-electron chi connectivity index (χ3n) is 1.95. The molecule has 0 atom stereocenters. The highest BCUT2D eigenvalue weighted by molar-refractivity contribution is 6.36. The zero-order valence-electron chi connectivity index (χ0n) is 10.1. The van der Waals surface area contributed by atoms with Crippen LogP contribution >= 0.6 is 0 Å². The normalized spacial score (nSPS) is 11.6. The van der Waals surface area contributed by atoms with Crippen molar-refractivity contribution in [2.45, 2.75) is 33.6 Å². The van der Waals surface area contributed by atoms with E-state index < -0.39 is 5.91 Å². The topological polar surface area (TPSA) is 46.2 Å². The molecule has 0 aliphatic carbocycles. The van der Waals surface area contributed by atoms with Gasteiger partial charge < -0.3 is 5.32 Å². The van der Waals surface area contributed by atoms with E-state index in [1.165, 1.54) is 5.47 Å². The van der Waals surface area contributed by atoms with Gasteiger partial charge in [0.15, 0.2) is 0 Å². The average molecular weight is 209 g/mol. The van der Waals surface area contributed by atoms with Gasteiger partial charge in [-0.05, 0) is 19.3 Å². The van der Waals surface area contributed by atoms with Gasteiger partial charge in [0.05, 0.1) is 0 Å². The molecule has 0 heterocycles. The maximum absolute atomic E-state index is 11.3. The standard InChI is InChI=1S/C11H20BNO2/c1-4-13-11(15)10(14)6-5-9(12)7-8(2)3/h7-8H,4-6,12H2,1-3H3,(H,13,15)/b9-7-. The summed E-state index contributed by atoms with van der Waals surface area (Å²) in [6.45, 7) is 6.49. The van der Waals surface area contributed by atoms with Crippen LogP contribution in [0.5, 0.6) is 0 Å². The maximum Gasteiger partial charge on any atom is 0.287 e. The molecule has 1 amide bonds. The summed E-state index contributed by atoms with van der Waals surface area (Å²) < 4.78 is 0. The van der Waals surface area contributed by atoms with Crippen LogP contribution in [0.25, 0.3) is 0 Å². The van der Waals surface area contributed by atoms with E-state index in [-0.39, 0.29) is 5.78 Å². The Morgan fingerprint density at radius 3 is 2.40 bits per heavy atom. The largest absolute Gasteiger partial charge is 0.350 e. The van der Waals surface area contributed by atoms with E-state index in [0.717, 1.165) is 0 Å².